The normalized spacial score (nSPS) is 22.5. The number of hydrogen-bond donors (Lipinski definition) is 2. The molecular weight excluding hydrogens is 292 g/mol. The van der Waals surface area contributed by atoms with Crippen LogP contribution in [0.15, 0.2) is 4.99 Å². The molecule has 0 aromatic carbocycles. The van der Waals surface area contributed by atoms with E-state index in [1.165, 1.54) is 32.4 Å². The molecular formula is C17H34N4O2. The molecule has 134 valence electrons. The molecule has 1 saturated carbocycles. The van der Waals surface area contributed by atoms with Crippen LogP contribution in [0.2, 0.25) is 0 Å². The van der Waals surface area contributed by atoms with Crippen LogP contribution in [0.5, 0.6) is 0 Å². The summed E-state index contributed by atoms with van der Waals surface area (Å²) < 4.78 is 10.4. The van der Waals surface area contributed by atoms with E-state index in [-0.39, 0.29) is 0 Å². The molecule has 1 aliphatic carbocycles. The first-order valence-electron chi connectivity index (χ1n) is 9.16. The Morgan fingerprint density at radius 3 is 2.78 bits per heavy atom. The highest BCUT2D eigenvalue weighted by atomic mass is 16.5. The topological polar surface area (TPSA) is 58.1 Å². The second-order valence-electron chi connectivity index (χ2n) is 6.49. The minimum Gasteiger partial charge on any atom is -0.382 e. The zero-order valence-corrected chi connectivity index (χ0v) is 14.9. The van der Waals surface area contributed by atoms with Gasteiger partial charge in [-0.15, -0.1) is 0 Å². The lowest BCUT2D eigenvalue weighted by atomic mass is 10.1. The molecule has 23 heavy (non-hydrogen) atoms. The van der Waals surface area contributed by atoms with Crippen LogP contribution in [-0.2, 0) is 9.47 Å². The molecule has 1 unspecified atom stereocenters. The number of guanidine groups is 1. The Bertz CT molecular complexity index is 347. The largest absolute Gasteiger partial charge is 0.382 e. The van der Waals surface area contributed by atoms with Crippen molar-refractivity contribution < 1.29 is 9.47 Å². The standard InChI is InChI=1S/C17H34N4O2/c1-3-18-17(19-8-4-10-23-12-11-22-2)20-13-15-7-9-21(14-15)16-5-6-16/h15-16H,3-14H2,1-2H3,(H2,18,19,20). The van der Waals surface area contributed by atoms with Gasteiger partial charge in [0.25, 0.3) is 0 Å². The predicted molar refractivity (Wildman–Crippen MR) is 94.0 cm³/mol. The molecule has 0 radical (unpaired) electrons. The number of aliphatic imine (C=N–C) groups is 1. The van der Waals surface area contributed by atoms with Crippen LogP contribution >= 0.6 is 0 Å². The molecule has 6 heteroatoms. The number of nitrogens with one attached hydrogen (secondary N) is 2. The van der Waals surface area contributed by atoms with Gasteiger partial charge in [0.1, 0.15) is 0 Å². The van der Waals surface area contributed by atoms with Crippen molar-refractivity contribution in [2.45, 2.75) is 38.6 Å². The number of ether oxygens (including phenoxy) is 2. The van der Waals surface area contributed by atoms with Crippen molar-refractivity contribution in [3.05, 3.63) is 0 Å². The minimum absolute atomic E-state index is 0.663. The van der Waals surface area contributed by atoms with Crippen molar-refractivity contribution in [2.24, 2.45) is 10.9 Å². The molecule has 2 rings (SSSR count). The van der Waals surface area contributed by atoms with E-state index in [0.717, 1.165) is 50.6 Å². The molecule has 2 fully saturated rings. The van der Waals surface area contributed by atoms with Crippen molar-refractivity contribution in [1.29, 1.82) is 0 Å². The third-order valence-electron chi connectivity index (χ3n) is 4.42. The zero-order chi connectivity index (χ0) is 16.3. The number of methoxy groups -OCH3 is 1. The molecule has 0 bridgehead atoms. The number of nitrogens with zero attached hydrogens (tertiary/aromatic N) is 2. The Hall–Kier alpha value is -0.850. The van der Waals surface area contributed by atoms with E-state index in [1.807, 2.05) is 0 Å². The van der Waals surface area contributed by atoms with Crippen LogP contribution in [-0.4, -0.2) is 76.6 Å². The smallest absolute Gasteiger partial charge is 0.191 e. The first-order valence-corrected chi connectivity index (χ1v) is 9.16. The summed E-state index contributed by atoms with van der Waals surface area (Å²) in [6.45, 7) is 9.43. The number of hydrogen-bond acceptors (Lipinski definition) is 4. The second kappa shape index (κ2) is 10.8. The summed E-state index contributed by atoms with van der Waals surface area (Å²) in [4.78, 5) is 7.41. The molecule has 1 saturated heterocycles. The molecule has 1 heterocycles. The van der Waals surface area contributed by atoms with Crippen molar-refractivity contribution in [2.75, 3.05) is 59.7 Å². The fourth-order valence-electron chi connectivity index (χ4n) is 2.97. The Kier molecular flexibility index (Phi) is 8.71. The fourth-order valence-corrected chi connectivity index (χ4v) is 2.97. The van der Waals surface area contributed by atoms with E-state index in [2.05, 4.69) is 22.5 Å². The third-order valence-corrected chi connectivity index (χ3v) is 4.42. The molecule has 0 amide bonds. The predicted octanol–water partition coefficient (Wildman–Crippen LogP) is 1.08. The Morgan fingerprint density at radius 1 is 1.17 bits per heavy atom. The van der Waals surface area contributed by atoms with Gasteiger partial charge in [-0.05, 0) is 45.1 Å². The first-order chi connectivity index (χ1) is 11.3. The van der Waals surface area contributed by atoms with Gasteiger partial charge < -0.3 is 25.0 Å². The third kappa shape index (κ3) is 7.50. The van der Waals surface area contributed by atoms with Crippen LogP contribution in [0, 0.1) is 5.92 Å². The average Bonchev–Trinajstić information content (AvgIpc) is 3.30. The molecule has 2 N–H and O–H groups in total. The van der Waals surface area contributed by atoms with Gasteiger partial charge >= 0.3 is 0 Å². The van der Waals surface area contributed by atoms with Crippen molar-refractivity contribution in [1.82, 2.24) is 15.5 Å². The Labute approximate surface area is 141 Å². The molecule has 6 nitrogen and oxygen atoms in total. The molecule has 0 aromatic heterocycles. The van der Waals surface area contributed by atoms with Crippen molar-refractivity contribution >= 4 is 5.96 Å². The summed E-state index contributed by atoms with van der Waals surface area (Å²) in [5.74, 6) is 1.66. The van der Waals surface area contributed by atoms with Crippen LogP contribution in [0.1, 0.15) is 32.6 Å². The number of rotatable bonds is 11. The second-order valence-corrected chi connectivity index (χ2v) is 6.49. The zero-order valence-electron chi connectivity index (χ0n) is 14.9. The fraction of sp³-hybridized carbons (Fsp3) is 0.941. The summed E-state index contributed by atoms with van der Waals surface area (Å²) in [6, 6.07) is 0.897. The summed E-state index contributed by atoms with van der Waals surface area (Å²) in [6.07, 6.45) is 5.10. The number of likely N-dealkylation sites (tertiary alicyclic amines) is 1. The van der Waals surface area contributed by atoms with Gasteiger partial charge in [0.15, 0.2) is 5.96 Å². The lowest BCUT2D eigenvalue weighted by Gasteiger charge is -2.15. The van der Waals surface area contributed by atoms with Crippen LogP contribution in [0.3, 0.4) is 0 Å². The molecule has 1 aliphatic heterocycles. The van der Waals surface area contributed by atoms with E-state index in [4.69, 9.17) is 14.5 Å². The summed E-state index contributed by atoms with van der Waals surface area (Å²) >= 11 is 0. The van der Waals surface area contributed by atoms with Gasteiger partial charge in [-0.25, -0.2) is 0 Å². The SMILES string of the molecule is CCNC(=NCC1CCN(C2CC2)C1)NCCCOCCOC. The van der Waals surface area contributed by atoms with Gasteiger partial charge in [0.05, 0.1) is 13.2 Å². The van der Waals surface area contributed by atoms with Gasteiger partial charge in [0.2, 0.25) is 0 Å². The highest BCUT2D eigenvalue weighted by Gasteiger charge is 2.34. The maximum Gasteiger partial charge on any atom is 0.191 e. The molecule has 2 aliphatic rings. The summed E-state index contributed by atoms with van der Waals surface area (Å²) in [5.41, 5.74) is 0. The maximum atomic E-state index is 5.47. The quantitative estimate of drug-likeness (QED) is 0.338. The average molecular weight is 326 g/mol. The highest BCUT2D eigenvalue weighted by molar-refractivity contribution is 5.79. The minimum atomic E-state index is 0.663. The van der Waals surface area contributed by atoms with E-state index in [9.17, 15) is 0 Å². The van der Waals surface area contributed by atoms with Crippen molar-refractivity contribution in [3.63, 3.8) is 0 Å². The van der Waals surface area contributed by atoms with E-state index < -0.39 is 0 Å². The van der Waals surface area contributed by atoms with E-state index in [1.54, 1.807) is 7.11 Å². The van der Waals surface area contributed by atoms with Gasteiger partial charge in [-0.3, -0.25) is 4.99 Å². The van der Waals surface area contributed by atoms with Crippen LogP contribution in [0.4, 0.5) is 0 Å². The van der Waals surface area contributed by atoms with Gasteiger partial charge in [0, 0.05) is 45.9 Å². The van der Waals surface area contributed by atoms with Crippen LogP contribution in [0.25, 0.3) is 0 Å². The lowest BCUT2D eigenvalue weighted by molar-refractivity contribution is 0.0698. The van der Waals surface area contributed by atoms with Gasteiger partial charge in [-0.2, -0.15) is 0 Å². The molecule has 0 aromatic rings. The summed E-state index contributed by atoms with van der Waals surface area (Å²) in [5, 5.41) is 6.72. The Morgan fingerprint density at radius 2 is 2.04 bits per heavy atom. The van der Waals surface area contributed by atoms with Crippen LogP contribution < -0.4 is 10.6 Å². The van der Waals surface area contributed by atoms with E-state index >= 15 is 0 Å². The molecule has 1 atom stereocenters. The maximum absolute atomic E-state index is 5.47. The van der Waals surface area contributed by atoms with Crippen molar-refractivity contribution in [3.8, 4) is 0 Å². The Balaban J connectivity index is 1.58. The van der Waals surface area contributed by atoms with Gasteiger partial charge in [-0.1, -0.05) is 0 Å². The lowest BCUT2D eigenvalue weighted by Crippen LogP contribution is -2.38. The first kappa shape index (κ1) is 18.5. The summed E-state index contributed by atoms with van der Waals surface area (Å²) in [7, 11) is 1.69. The van der Waals surface area contributed by atoms with E-state index in [0.29, 0.717) is 13.2 Å². The monoisotopic (exact) mass is 326 g/mol. The highest BCUT2D eigenvalue weighted by Crippen LogP contribution is 2.31. The molecule has 0 spiro atoms.